The van der Waals surface area contributed by atoms with E-state index in [1.807, 2.05) is 12.5 Å². The quantitative estimate of drug-likeness (QED) is 0.795. The first-order valence-corrected chi connectivity index (χ1v) is 6.44. The van der Waals surface area contributed by atoms with Gasteiger partial charge in [-0.25, -0.2) is 4.98 Å². The Balaban J connectivity index is 2.12. The van der Waals surface area contributed by atoms with E-state index in [-0.39, 0.29) is 0 Å². The second-order valence-electron chi connectivity index (χ2n) is 4.58. The molecule has 0 aliphatic rings. The number of imidazole rings is 1. The molecule has 2 heteroatoms. The van der Waals surface area contributed by atoms with Crippen molar-refractivity contribution in [3.05, 3.63) is 59.2 Å². The summed E-state index contributed by atoms with van der Waals surface area (Å²) in [6.07, 6.45) is 9.14. The van der Waals surface area contributed by atoms with Crippen molar-refractivity contribution in [2.24, 2.45) is 0 Å². The van der Waals surface area contributed by atoms with E-state index in [0.717, 1.165) is 13.0 Å². The van der Waals surface area contributed by atoms with E-state index in [1.165, 1.54) is 22.4 Å². The van der Waals surface area contributed by atoms with Crippen molar-refractivity contribution in [1.29, 1.82) is 0 Å². The minimum Gasteiger partial charge on any atom is -0.331 e. The Kier molecular flexibility index (Phi) is 3.98. The second kappa shape index (κ2) is 5.67. The predicted octanol–water partition coefficient (Wildman–Crippen LogP) is 3.78. The zero-order valence-corrected chi connectivity index (χ0v) is 11.4. The number of nitrogens with zero attached hydrogens (tertiary/aromatic N) is 2. The van der Waals surface area contributed by atoms with Crippen LogP contribution in [0.1, 0.15) is 29.3 Å². The molecule has 0 spiro atoms. The van der Waals surface area contributed by atoms with Crippen LogP contribution in [0.5, 0.6) is 0 Å². The molecule has 1 aromatic carbocycles. The third-order valence-electron chi connectivity index (χ3n) is 3.34. The highest BCUT2D eigenvalue weighted by molar-refractivity contribution is 5.46. The minimum absolute atomic E-state index is 0.961. The van der Waals surface area contributed by atoms with Crippen LogP contribution in [-0.2, 0) is 13.0 Å². The van der Waals surface area contributed by atoms with Crippen LogP contribution in [0.25, 0.3) is 6.08 Å². The highest BCUT2D eigenvalue weighted by Crippen LogP contribution is 2.15. The second-order valence-corrected chi connectivity index (χ2v) is 4.58. The summed E-state index contributed by atoms with van der Waals surface area (Å²) >= 11 is 0. The van der Waals surface area contributed by atoms with Gasteiger partial charge in [0.1, 0.15) is 0 Å². The van der Waals surface area contributed by atoms with Crippen LogP contribution < -0.4 is 0 Å². The van der Waals surface area contributed by atoms with Gasteiger partial charge in [-0.1, -0.05) is 24.3 Å². The van der Waals surface area contributed by atoms with Gasteiger partial charge in [0.25, 0.3) is 0 Å². The Morgan fingerprint density at radius 3 is 2.61 bits per heavy atom. The topological polar surface area (TPSA) is 17.8 Å². The van der Waals surface area contributed by atoms with Crippen molar-refractivity contribution in [1.82, 2.24) is 9.55 Å². The molecule has 2 rings (SSSR count). The average Bonchev–Trinajstić information content (AvgIpc) is 2.80. The Bertz CT molecular complexity index is 530. The monoisotopic (exact) mass is 240 g/mol. The fourth-order valence-corrected chi connectivity index (χ4v) is 2.20. The summed E-state index contributed by atoms with van der Waals surface area (Å²) in [5.74, 6) is 0. The third kappa shape index (κ3) is 2.70. The minimum atomic E-state index is 0.961. The lowest BCUT2D eigenvalue weighted by atomic mass is 10.00. The number of hydrogen-bond donors (Lipinski definition) is 0. The van der Waals surface area contributed by atoms with Gasteiger partial charge in [0.2, 0.25) is 0 Å². The summed E-state index contributed by atoms with van der Waals surface area (Å²) in [7, 11) is 0. The molecule has 0 saturated heterocycles. The summed E-state index contributed by atoms with van der Waals surface area (Å²) < 4.78 is 2.14. The fourth-order valence-electron chi connectivity index (χ4n) is 2.20. The first-order chi connectivity index (χ1) is 8.72. The maximum absolute atomic E-state index is 4.17. The van der Waals surface area contributed by atoms with E-state index in [1.54, 1.807) is 0 Å². The predicted molar refractivity (Wildman–Crippen MR) is 76.6 cm³/mol. The number of rotatable bonds is 4. The molecular formula is C16H20N2. The van der Waals surface area contributed by atoms with Crippen LogP contribution in [0.15, 0.2) is 36.8 Å². The molecule has 0 amide bonds. The van der Waals surface area contributed by atoms with Gasteiger partial charge in [0, 0.05) is 6.54 Å². The Labute approximate surface area is 109 Å². The van der Waals surface area contributed by atoms with E-state index >= 15 is 0 Å². The van der Waals surface area contributed by atoms with E-state index in [4.69, 9.17) is 0 Å². The van der Waals surface area contributed by atoms with Crippen LogP contribution in [0, 0.1) is 13.8 Å². The highest BCUT2D eigenvalue weighted by Gasteiger charge is 2.00. The molecule has 0 radical (unpaired) electrons. The van der Waals surface area contributed by atoms with Gasteiger partial charge in [0.05, 0.1) is 18.2 Å². The van der Waals surface area contributed by atoms with Crippen molar-refractivity contribution in [3.63, 3.8) is 0 Å². The zero-order valence-electron chi connectivity index (χ0n) is 11.4. The van der Waals surface area contributed by atoms with Gasteiger partial charge in [-0.3, -0.25) is 0 Å². The Morgan fingerprint density at radius 1 is 1.22 bits per heavy atom. The molecule has 1 aromatic heterocycles. The maximum atomic E-state index is 4.17. The van der Waals surface area contributed by atoms with E-state index < -0.39 is 0 Å². The number of benzene rings is 1. The molecule has 0 bridgehead atoms. The first kappa shape index (κ1) is 12.6. The smallest absolute Gasteiger partial charge is 0.0950 e. The van der Waals surface area contributed by atoms with Gasteiger partial charge >= 0.3 is 0 Å². The molecule has 94 valence electrons. The number of aromatic nitrogens is 2. The average molecular weight is 240 g/mol. The summed E-state index contributed by atoms with van der Waals surface area (Å²) in [4.78, 5) is 4.17. The van der Waals surface area contributed by atoms with Crippen LogP contribution in [0.2, 0.25) is 0 Å². The van der Waals surface area contributed by atoms with Crippen molar-refractivity contribution in [2.45, 2.75) is 33.7 Å². The Morgan fingerprint density at radius 2 is 1.94 bits per heavy atom. The highest BCUT2D eigenvalue weighted by atomic mass is 15.0. The SMILES string of the molecule is CCn1cncc1C=CCc1c(C)cccc1C. The molecule has 1 heterocycles. The molecule has 0 atom stereocenters. The van der Waals surface area contributed by atoms with E-state index in [9.17, 15) is 0 Å². The van der Waals surface area contributed by atoms with Crippen molar-refractivity contribution in [2.75, 3.05) is 0 Å². The van der Waals surface area contributed by atoms with Gasteiger partial charge in [-0.15, -0.1) is 0 Å². The van der Waals surface area contributed by atoms with Crippen molar-refractivity contribution in [3.8, 4) is 0 Å². The molecule has 0 fully saturated rings. The number of aryl methyl sites for hydroxylation is 3. The Hall–Kier alpha value is -1.83. The summed E-state index contributed by atoms with van der Waals surface area (Å²) in [6.45, 7) is 7.44. The lowest BCUT2D eigenvalue weighted by molar-refractivity contribution is 0.754. The van der Waals surface area contributed by atoms with Crippen LogP contribution in [0.3, 0.4) is 0 Å². The number of allylic oxidation sites excluding steroid dienone is 1. The van der Waals surface area contributed by atoms with Crippen molar-refractivity contribution >= 4 is 6.08 Å². The van der Waals surface area contributed by atoms with Gasteiger partial charge < -0.3 is 4.57 Å². The molecule has 0 unspecified atom stereocenters. The van der Waals surface area contributed by atoms with Crippen LogP contribution in [0.4, 0.5) is 0 Å². The summed E-state index contributed by atoms with van der Waals surface area (Å²) in [6, 6.07) is 6.46. The van der Waals surface area contributed by atoms with Gasteiger partial charge in [0.15, 0.2) is 0 Å². The van der Waals surface area contributed by atoms with Gasteiger partial charge in [-0.05, 0) is 50.0 Å². The zero-order chi connectivity index (χ0) is 13.0. The molecule has 0 aliphatic carbocycles. The normalized spacial score (nSPS) is 11.3. The lowest BCUT2D eigenvalue weighted by Crippen LogP contribution is -1.94. The molecular weight excluding hydrogens is 220 g/mol. The van der Waals surface area contributed by atoms with Crippen molar-refractivity contribution < 1.29 is 0 Å². The maximum Gasteiger partial charge on any atom is 0.0950 e. The lowest BCUT2D eigenvalue weighted by Gasteiger charge is -2.06. The molecule has 0 N–H and O–H groups in total. The summed E-state index contributed by atoms with van der Waals surface area (Å²) in [5.41, 5.74) is 5.33. The molecule has 18 heavy (non-hydrogen) atoms. The molecule has 2 nitrogen and oxygen atoms in total. The third-order valence-corrected chi connectivity index (χ3v) is 3.34. The largest absolute Gasteiger partial charge is 0.331 e. The standard InChI is InChI=1S/C16H20N2/c1-4-18-12-17-11-15(18)9-6-10-16-13(2)7-5-8-14(16)3/h5-9,11-12H,4,10H2,1-3H3. The van der Waals surface area contributed by atoms with E-state index in [0.29, 0.717) is 0 Å². The fraction of sp³-hybridized carbons (Fsp3) is 0.312. The molecule has 2 aromatic rings. The van der Waals surface area contributed by atoms with Crippen LogP contribution >= 0.6 is 0 Å². The molecule has 0 saturated carbocycles. The van der Waals surface area contributed by atoms with E-state index in [2.05, 4.69) is 60.7 Å². The molecule has 0 aliphatic heterocycles. The van der Waals surface area contributed by atoms with Gasteiger partial charge in [-0.2, -0.15) is 0 Å². The van der Waals surface area contributed by atoms with Crippen LogP contribution in [-0.4, -0.2) is 9.55 Å². The first-order valence-electron chi connectivity index (χ1n) is 6.44. The number of hydrogen-bond acceptors (Lipinski definition) is 1. The summed E-state index contributed by atoms with van der Waals surface area (Å²) in [5, 5.41) is 0.